The molecular formula is C24H35NO8. The third-order valence-corrected chi connectivity index (χ3v) is 4.69. The van der Waals surface area contributed by atoms with Gasteiger partial charge in [-0.1, -0.05) is 12.1 Å². The molecule has 1 heterocycles. The van der Waals surface area contributed by atoms with Crippen molar-refractivity contribution in [3.05, 3.63) is 29.8 Å². The number of methoxy groups -OCH3 is 1. The quantitative estimate of drug-likeness (QED) is 0.473. The molecule has 0 radical (unpaired) electrons. The Morgan fingerprint density at radius 3 is 2.00 bits per heavy atom. The minimum Gasteiger partial charge on any atom is -0.497 e. The van der Waals surface area contributed by atoms with Gasteiger partial charge in [-0.25, -0.2) is 9.59 Å². The van der Waals surface area contributed by atoms with Crippen LogP contribution in [0, 0.1) is 0 Å². The summed E-state index contributed by atoms with van der Waals surface area (Å²) in [5, 5.41) is 0. The summed E-state index contributed by atoms with van der Waals surface area (Å²) in [6, 6.07) is 6.71. The van der Waals surface area contributed by atoms with Crippen molar-refractivity contribution in [1.29, 1.82) is 0 Å². The van der Waals surface area contributed by atoms with Crippen LogP contribution in [0.4, 0.5) is 9.59 Å². The van der Waals surface area contributed by atoms with Crippen LogP contribution in [0.25, 0.3) is 0 Å². The van der Waals surface area contributed by atoms with Gasteiger partial charge in [-0.15, -0.1) is 0 Å². The van der Waals surface area contributed by atoms with Crippen molar-refractivity contribution in [2.45, 2.75) is 84.3 Å². The average molecular weight is 466 g/mol. The lowest BCUT2D eigenvalue weighted by Crippen LogP contribution is -2.45. The molecule has 0 N–H and O–H groups in total. The van der Waals surface area contributed by atoms with Gasteiger partial charge in [0.15, 0.2) is 12.2 Å². The molecule has 1 aliphatic heterocycles. The van der Waals surface area contributed by atoms with Gasteiger partial charge >= 0.3 is 18.2 Å². The summed E-state index contributed by atoms with van der Waals surface area (Å²) in [5.74, 6) is 0.139. The first-order valence-corrected chi connectivity index (χ1v) is 10.9. The molecule has 184 valence electrons. The Balaban J connectivity index is 2.35. The van der Waals surface area contributed by atoms with Crippen LogP contribution in [0.1, 0.15) is 54.0 Å². The second-order valence-corrected chi connectivity index (χ2v) is 9.95. The summed E-state index contributed by atoms with van der Waals surface area (Å²) in [7, 11) is 1.57. The molecule has 33 heavy (non-hydrogen) atoms. The van der Waals surface area contributed by atoms with Crippen molar-refractivity contribution in [2.75, 3.05) is 13.7 Å². The van der Waals surface area contributed by atoms with Crippen LogP contribution in [-0.2, 0) is 30.2 Å². The highest BCUT2D eigenvalue weighted by atomic mass is 16.7. The number of likely N-dealkylation sites (tertiary alicyclic amines) is 1. The smallest absolute Gasteiger partial charge is 0.497 e. The summed E-state index contributed by atoms with van der Waals surface area (Å²) in [6.07, 6.45) is -2.97. The molecule has 3 atom stereocenters. The van der Waals surface area contributed by atoms with E-state index in [1.54, 1.807) is 60.8 Å². The van der Waals surface area contributed by atoms with Gasteiger partial charge in [-0.2, -0.15) is 0 Å². The average Bonchev–Trinajstić information content (AvgIpc) is 2.96. The molecule has 0 aliphatic carbocycles. The minimum atomic E-state index is -0.917. The van der Waals surface area contributed by atoms with Gasteiger partial charge in [0.05, 0.1) is 19.7 Å². The van der Waals surface area contributed by atoms with Crippen molar-refractivity contribution in [1.82, 2.24) is 4.90 Å². The van der Waals surface area contributed by atoms with Crippen LogP contribution in [0.2, 0.25) is 0 Å². The SMILES string of the molecule is COc1ccc(C[C@H]2[C@@H](OC(C)=O)[C@H](OC(=O)OC(C)(C)C)CN2C(=O)OC(C)(C)C)cc1. The fourth-order valence-electron chi connectivity index (χ4n) is 3.47. The van der Waals surface area contributed by atoms with E-state index in [9.17, 15) is 14.4 Å². The summed E-state index contributed by atoms with van der Waals surface area (Å²) < 4.78 is 27.1. The zero-order chi connectivity index (χ0) is 25.0. The molecule has 1 aromatic carbocycles. The monoisotopic (exact) mass is 465 g/mol. The molecule has 9 heteroatoms. The summed E-state index contributed by atoms with van der Waals surface area (Å²) in [5.41, 5.74) is -0.618. The number of benzene rings is 1. The Morgan fingerprint density at radius 1 is 0.939 bits per heavy atom. The number of ether oxygens (including phenoxy) is 5. The summed E-state index contributed by atoms with van der Waals surface area (Å²) >= 11 is 0. The lowest BCUT2D eigenvalue weighted by Gasteiger charge is -2.30. The highest BCUT2D eigenvalue weighted by Gasteiger charge is 2.49. The van der Waals surface area contributed by atoms with Crippen LogP contribution in [0.3, 0.4) is 0 Å². The zero-order valence-electron chi connectivity index (χ0n) is 20.7. The Kier molecular flexibility index (Phi) is 8.21. The first-order chi connectivity index (χ1) is 15.2. The molecule has 0 unspecified atom stereocenters. The molecule has 0 spiro atoms. The maximum Gasteiger partial charge on any atom is 0.509 e. The number of carbonyl (C=O) groups excluding carboxylic acids is 3. The highest BCUT2D eigenvalue weighted by Crippen LogP contribution is 2.30. The largest absolute Gasteiger partial charge is 0.509 e. The van der Waals surface area contributed by atoms with E-state index in [0.717, 1.165) is 5.56 Å². The van der Waals surface area contributed by atoms with Crippen molar-refractivity contribution >= 4 is 18.2 Å². The third kappa shape index (κ3) is 8.14. The van der Waals surface area contributed by atoms with Crippen LogP contribution in [-0.4, -0.2) is 66.2 Å². The van der Waals surface area contributed by atoms with Gasteiger partial charge in [0.1, 0.15) is 17.0 Å². The molecule has 0 saturated carbocycles. The van der Waals surface area contributed by atoms with Crippen LogP contribution in [0.5, 0.6) is 5.75 Å². The molecule has 9 nitrogen and oxygen atoms in total. The molecular weight excluding hydrogens is 430 g/mol. The van der Waals surface area contributed by atoms with E-state index in [0.29, 0.717) is 12.2 Å². The van der Waals surface area contributed by atoms with Crippen molar-refractivity contribution in [3.63, 3.8) is 0 Å². The molecule has 0 aromatic heterocycles. The number of amides is 1. The highest BCUT2D eigenvalue weighted by molar-refractivity contribution is 5.71. The molecule has 1 aliphatic rings. The lowest BCUT2D eigenvalue weighted by atomic mass is 10.0. The fourth-order valence-corrected chi connectivity index (χ4v) is 3.47. The predicted molar refractivity (Wildman–Crippen MR) is 120 cm³/mol. The molecule has 1 aromatic rings. The van der Waals surface area contributed by atoms with Gasteiger partial charge in [0, 0.05) is 6.92 Å². The Hall–Kier alpha value is -2.97. The van der Waals surface area contributed by atoms with E-state index in [1.165, 1.54) is 11.8 Å². The molecule has 0 bridgehead atoms. The predicted octanol–water partition coefficient (Wildman–Crippen LogP) is 4.11. The van der Waals surface area contributed by atoms with Crippen molar-refractivity contribution in [3.8, 4) is 5.75 Å². The number of hydrogen-bond acceptors (Lipinski definition) is 8. The summed E-state index contributed by atoms with van der Waals surface area (Å²) in [6.45, 7) is 11.7. The van der Waals surface area contributed by atoms with E-state index in [4.69, 9.17) is 23.7 Å². The second kappa shape index (κ2) is 10.3. The van der Waals surface area contributed by atoms with Gasteiger partial charge in [-0.05, 0) is 65.7 Å². The van der Waals surface area contributed by atoms with E-state index in [1.807, 2.05) is 12.1 Å². The van der Waals surface area contributed by atoms with Crippen LogP contribution < -0.4 is 4.74 Å². The number of hydrogen-bond donors (Lipinski definition) is 0. The fraction of sp³-hybridized carbons (Fsp3) is 0.625. The number of rotatable bonds is 5. The van der Waals surface area contributed by atoms with E-state index in [2.05, 4.69) is 0 Å². The second-order valence-electron chi connectivity index (χ2n) is 9.95. The number of nitrogens with zero attached hydrogens (tertiary/aromatic N) is 1. The number of carbonyl (C=O) groups is 3. The normalized spacial score (nSPS) is 20.7. The van der Waals surface area contributed by atoms with Crippen LogP contribution in [0.15, 0.2) is 24.3 Å². The van der Waals surface area contributed by atoms with Crippen molar-refractivity contribution < 1.29 is 38.1 Å². The zero-order valence-corrected chi connectivity index (χ0v) is 20.7. The lowest BCUT2D eigenvalue weighted by molar-refractivity contribution is -0.153. The minimum absolute atomic E-state index is 0.00702. The Labute approximate surface area is 195 Å². The third-order valence-electron chi connectivity index (χ3n) is 4.69. The molecule has 1 fully saturated rings. The number of esters is 1. The van der Waals surface area contributed by atoms with Gasteiger partial charge < -0.3 is 23.7 Å². The Morgan fingerprint density at radius 2 is 1.52 bits per heavy atom. The molecule has 1 amide bonds. The Bertz CT molecular complexity index is 838. The van der Waals surface area contributed by atoms with Gasteiger partial charge in [0.2, 0.25) is 0 Å². The maximum atomic E-state index is 13.0. The standard InChI is InChI=1S/C24H35NO8/c1-15(26)30-20-18(13-16-9-11-17(29-8)12-10-16)25(21(27)32-23(2,3)4)14-19(20)31-22(28)33-24(5,6)7/h9-12,18-20H,13-14H2,1-8H3/t18-,19+,20+/m0/s1. The van der Waals surface area contributed by atoms with Crippen molar-refractivity contribution in [2.24, 2.45) is 0 Å². The first-order valence-electron chi connectivity index (χ1n) is 10.9. The van der Waals surface area contributed by atoms with E-state index < -0.39 is 47.7 Å². The van der Waals surface area contributed by atoms with E-state index in [-0.39, 0.29) is 6.54 Å². The van der Waals surface area contributed by atoms with Gasteiger partial charge in [-0.3, -0.25) is 9.69 Å². The maximum absolute atomic E-state index is 13.0. The summed E-state index contributed by atoms with van der Waals surface area (Å²) in [4.78, 5) is 38.7. The first kappa shape index (κ1) is 26.3. The molecule has 1 saturated heterocycles. The van der Waals surface area contributed by atoms with Gasteiger partial charge in [0.25, 0.3) is 0 Å². The van der Waals surface area contributed by atoms with E-state index >= 15 is 0 Å². The van der Waals surface area contributed by atoms with Crippen LogP contribution >= 0.6 is 0 Å². The topological polar surface area (TPSA) is 101 Å². The molecule has 2 rings (SSSR count).